The van der Waals surface area contributed by atoms with Crippen molar-refractivity contribution in [1.82, 2.24) is 4.72 Å². The Labute approximate surface area is 148 Å². The number of carbonyl (C=O) groups is 1. The van der Waals surface area contributed by atoms with Crippen molar-refractivity contribution in [3.05, 3.63) is 59.7 Å². The maximum absolute atomic E-state index is 12.5. The Morgan fingerprint density at radius 2 is 1.80 bits per heavy atom. The second-order valence-electron chi connectivity index (χ2n) is 6.51. The fourth-order valence-electron chi connectivity index (χ4n) is 2.97. The van der Waals surface area contributed by atoms with Crippen LogP contribution in [0.5, 0.6) is 0 Å². The largest absolute Gasteiger partial charge is 0.312 e. The molecule has 3 rings (SSSR count). The van der Waals surface area contributed by atoms with Crippen molar-refractivity contribution in [3.8, 4) is 0 Å². The van der Waals surface area contributed by atoms with Gasteiger partial charge in [0.1, 0.15) is 0 Å². The number of sulfonamides is 1. The van der Waals surface area contributed by atoms with Gasteiger partial charge in [0.25, 0.3) is 0 Å². The zero-order valence-electron chi connectivity index (χ0n) is 14.4. The molecule has 1 N–H and O–H groups in total. The Morgan fingerprint density at radius 1 is 1.08 bits per heavy atom. The average molecular weight is 358 g/mol. The van der Waals surface area contributed by atoms with Crippen LogP contribution in [0.25, 0.3) is 0 Å². The molecule has 0 radical (unpaired) electrons. The molecule has 132 valence electrons. The van der Waals surface area contributed by atoms with Crippen LogP contribution >= 0.6 is 0 Å². The lowest BCUT2D eigenvalue weighted by Gasteiger charge is -2.17. The summed E-state index contributed by atoms with van der Waals surface area (Å²) in [5, 5.41) is 0. The van der Waals surface area contributed by atoms with Crippen LogP contribution in [-0.4, -0.2) is 27.4 Å². The lowest BCUT2D eigenvalue weighted by atomic mass is 10.1. The number of amides is 1. The number of aryl methyl sites for hydroxylation is 2. The summed E-state index contributed by atoms with van der Waals surface area (Å²) in [4.78, 5) is 14.2. The van der Waals surface area contributed by atoms with E-state index < -0.39 is 10.0 Å². The minimum Gasteiger partial charge on any atom is -0.312 e. The first-order valence-corrected chi connectivity index (χ1v) is 9.77. The maximum atomic E-state index is 12.5. The maximum Gasteiger partial charge on any atom is 0.240 e. The number of rotatable bonds is 5. The summed E-state index contributed by atoms with van der Waals surface area (Å²) in [5.74, 6) is -0.00407. The van der Waals surface area contributed by atoms with Gasteiger partial charge < -0.3 is 4.90 Å². The van der Waals surface area contributed by atoms with Crippen molar-refractivity contribution >= 4 is 21.6 Å². The molecule has 25 heavy (non-hydrogen) atoms. The smallest absolute Gasteiger partial charge is 0.240 e. The van der Waals surface area contributed by atoms with Gasteiger partial charge in [-0.3, -0.25) is 4.79 Å². The number of hydrogen-bond donors (Lipinski definition) is 1. The molecule has 1 aliphatic heterocycles. The van der Waals surface area contributed by atoms with E-state index in [1.54, 1.807) is 23.1 Å². The normalized spacial score (nSPS) is 17.9. The van der Waals surface area contributed by atoms with Crippen molar-refractivity contribution in [1.29, 1.82) is 0 Å². The van der Waals surface area contributed by atoms with Gasteiger partial charge in [0, 0.05) is 25.2 Å². The number of carbonyl (C=O) groups excluding carboxylic acids is 1. The van der Waals surface area contributed by atoms with Gasteiger partial charge in [0.15, 0.2) is 0 Å². The summed E-state index contributed by atoms with van der Waals surface area (Å²) < 4.78 is 27.6. The van der Waals surface area contributed by atoms with E-state index in [1.807, 2.05) is 44.2 Å². The van der Waals surface area contributed by atoms with Gasteiger partial charge in [-0.25, -0.2) is 13.1 Å². The van der Waals surface area contributed by atoms with Crippen LogP contribution in [0, 0.1) is 19.8 Å². The molecule has 0 bridgehead atoms. The summed E-state index contributed by atoms with van der Waals surface area (Å²) in [6, 6.07) is 14.5. The van der Waals surface area contributed by atoms with Gasteiger partial charge in [0.05, 0.1) is 4.90 Å². The second kappa shape index (κ2) is 6.98. The molecule has 1 unspecified atom stereocenters. The molecule has 1 fully saturated rings. The molecule has 1 aliphatic rings. The lowest BCUT2D eigenvalue weighted by Crippen LogP contribution is -2.31. The monoisotopic (exact) mass is 358 g/mol. The van der Waals surface area contributed by atoms with Gasteiger partial charge in [-0.1, -0.05) is 24.3 Å². The Balaban J connectivity index is 1.65. The highest BCUT2D eigenvalue weighted by atomic mass is 32.2. The molecular weight excluding hydrogens is 336 g/mol. The van der Waals surface area contributed by atoms with Crippen LogP contribution in [0.1, 0.15) is 17.5 Å². The summed E-state index contributed by atoms with van der Waals surface area (Å²) in [5.41, 5.74) is 2.85. The summed E-state index contributed by atoms with van der Waals surface area (Å²) in [6.45, 7) is 4.62. The third-order valence-corrected chi connectivity index (χ3v) is 6.04. The molecule has 2 aromatic rings. The quantitative estimate of drug-likeness (QED) is 0.893. The highest BCUT2D eigenvalue weighted by Gasteiger charge is 2.31. The Morgan fingerprint density at radius 3 is 2.48 bits per heavy atom. The zero-order valence-corrected chi connectivity index (χ0v) is 15.2. The van der Waals surface area contributed by atoms with E-state index in [0.717, 1.165) is 16.8 Å². The first-order valence-electron chi connectivity index (χ1n) is 8.29. The number of benzene rings is 2. The molecule has 1 amide bonds. The zero-order chi connectivity index (χ0) is 18.0. The first kappa shape index (κ1) is 17.6. The summed E-state index contributed by atoms with van der Waals surface area (Å²) in [6.07, 6.45) is 0.352. The highest BCUT2D eigenvalue weighted by Crippen LogP contribution is 2.24. The van der Waals surface area contributed by atoms with Gasteiger partial charge in [-0.05, 0) is 55.2 Å². The molecule has 0 saturated carbocycles. The predicted octanol–water partition coefficient (Wildman–Crippen LogP) is 2.63. The molecule has 0 aromatic heterocycles. The average Bonchev–Trinajstić information content (AvgIpc) is 2.97. The second-order valence-corrected chi connectivity index (χ2v) is 8.27. The van der Waals surface area contributed by atoms with Gasteiger partial charge in [-0.15, -0.1) is 0 Å². The van der Waals surface area contributed by atoms with Crippen LogP contribution in [0.3, 0.4) is 0 Å². The van der Waals surface area contributed by atoms with Crippen LogP contribution in [-0.2, 0) is 14.8 Å². The van der Waals surface area contributed by atoms with Gasteiger partial charge >= 0.3 is 0 Å². The van der Waals surface area contributed by atoms with Gasteiger partial charge in [0.2, 0.25) is 15.9 Å². The number of nitrogens with zero attached hydrogens (tertiary/aromatic N) is 1. The Kier molecular flexibility index (Phi) is 4.92. The SMILES string of the molecule is Cc1ccc(S(=O)(=O)NCC2CC(=O)N(c3ccccc3)C2)cc1C. The van der Waals surface area contributed by atoms with Crippen molar-refractivity contribution < 1.29 is 13.2 Å². The van der Waals surface area contributed by atoms with E-state index in [0.29, 0.717) is 13.0 Å². The molecule has 1 saturated heterocycles. The summed E-state index contributed by atoms with van der Waals surface area (Å²) >= 11 is 0. The van der Waals surface area contributed by atoms with Crippen LogP contribution in [0.2, 0.25) is 0 Å². The van der Waals surface area contributed by atoms with Crippen molar-refractivity contribution in [2.75, 3.05) is 18.0 Å². The first-order chi connectivity index (χ1) is 11.9. The number of nitrogens with one attached hydrogen (secondary N) is 1. The number of para-hydroxylation sites is 1. The van der Waals surface area contributed by atoms with Crippen LogP contribution in [0.4, 0.5) is 5.69 Å². The minimum absolute atomic E-state index is 0.0292. The van der Waals surface area contributed by atoms with E-state index in [1.165, 1.54) is 0 Å². The molecular formula is C19H22N2O3S. The van der Waals surface area contributed by atoms with Gasteiger partial charge in [-0.2, -0.15) is 0 Å². The van der Waals surface area contributed by atoms with Crippen molar-refractivity contribution in [2.24, 2.45) is 5.92 Å². The number of anilines is 1. The third kappa shape index (κ3) is 3.91. The topological polar surface area (TPSA) is 66.5 Å². The van der Waals surface area contributed by atoms with Crippen LogP contribution in [0.15, 0.2) is 53.4 Å². The van der Waals surface area contributed by atoms with E-state index in [-0.39, 0.29) is 23.3 Å². The van der Waals surface area contributed by atoms with E-state index >= 15 is 0 Å². The minimum atomic E-state index is -3.57. The molecule has 1 atom stereocenters. The molecule has 0 aliphatic carbocycles. The predicted molar refractivity (Wildman–Crippen MR) is 98.0 cm³/mol. The standard InChI is InChI=1S/C19H22N2O3S/c1-14-8-9-18(10-15(14)2)25(23,24)20-12-16-11-19(22)21(13-16)17-6-4-3-5-7-17/h3-10,16,20H,11-13H2,1-2H3. The molecule has 5 nitrogen and oxygen atoms in total. The fourth-order valence-corrected chi connectivity index (χ4v) is 4.17. The number of hydrogen-bond acceptors (Lipinski definition) is 3. The molecule has 2 aromatic carbocycles. The van der Waals surface area contributed by atoms with E-state index in [2.05, 4.69) is 4.72 Å². The van der Waals surface area contributed by atoms with Crippen molar-refractivity contribution in [2.45, 2.75) is 25.2 Å². The summed E-state index contributed by atoms with van der Waals surface area (Å²) in [7, 11) is -3.57. The fraction of sp³-hybridized carbons (Fsp3) is 0.316. The Bertz CT molecular complexity index is 879. The Hall–Kier alpha value is -2.18. The third-order valence-electron chi connectivity index (χ3n) is 4.62. The van der Waals surface area contributed by atoms with E-state index in [9.17, 15) is 13.2 Å². The van der Waals surface area contributed by atoms with Crippen molar-refractivity contribution in [3.63, 3.8) is 0 Å². The highest BCUT2D eigenvalue weighted by molar-refractivity contribution is 7.89. The molecule has 0 spiro atoms. The lowest BCUT2D eigenvalue weighted by molar-refractivity contribution is -0.117. The van der Waals surface area contributed by atoms with E-state index in [4.69, 9.17) is 0 Å². The molecule has 6 heteroatoms. The molecule has 1 heterocycles. The van der Waals surface area contributed by atoms with Crippen LogP contribution < -0.4 is 9.62 Å².